The lowest BCUT2D eigenvalue weighted by Gasteiger charge is -2.17. The topological polar surface area (TPSA) is 106 Å². The van der Waals surface area contributed by atoms with Crippen molar-refractivity contribution < 1.29 is 22.7 Å². The molecule has 0 aliphatic carbocycles. The Labute approximate surface area is 164 Å². The Hall–Kier alpha value is -2.69. The molecule has 1 atom stereocenters. The van der Waals surface area contributed by atoms with Gasteiger partial charge < -0.3 is 10.1 Å². The highest BCUT2D eigenvalue weighted by Crippen LogP contribution is 2.20. The van der Waals surface area contributed by atoms with Crippen LogP contribution in [-0.4, -0.2) is 45.9 Å². The Morgan fingerprint density at radius 3 is 2.52 bits per heavy atom. The van der Waals surface area contributed by atoms with E-state index in [4.69, 9.17) is 0 Å². The van der Waals surface area contributed by atoms with Gasteiger partial charge in [0.15, 0.2) is 5.65 Å². The van der Waals surface area contributed by atoms with Crippen LogP contribution in [0.25, 0.3) is 11.0 Å². The van der Waals surface area contributed by atoms with Gasteiger partial charge in [-0.3, -0.25) is 19.1 Å². The summed E-state index contributed by atoms with van der Waals surface area (Å²) in [6, 6.07) is 0.706. The molecular weight excluding hydrogens is 393 g/mol. The van der Waals surface area contributed by atoms with Crippen molar-refractivity contribution in [3.05, 3.63) is 38.2 Å². The zero-order valence-electron chi connectivity index (χ0n) is 16.5. The SMILES string of the molecule is CCn1c(=O)[nH]c(=O)c2c(C(=O)NC(C)COCC(F)(F)F)cc(C(C)C)nc21. The van der Waals surface area contributed by atoms with Gasteiger partial charge in [0.2, 0.25) is 0 Å². The van der Waals surface area contributed by atoms with Crippen molar-refractivity contribution in [2.24, 2.45) is 0 Å². The lowest BCUT2D eigenvalue weighted by atomic mass is 10.0. The maximum atomic E-state index is 12.8. The number of hydrogen-bond acceptors (Lipinski definition) is 5. The third-order valence-electron chi connectivity index (χ3n) is 4.13. The zero-order chi connectivity index (χ0) is 21.9. The largest absolute Gasteiger partial charge is 0.411 e. The van der Waals surface area contributed by atoms with Crippen molar-refractivity contribution in [2.45, 2.75) is 52.4 Å². The van der Waals surface area contributed by atoms with Crippen molar-refractivity contribution >= 4 is 16.9 Å². The Bertz CT molecular complexity index is 1010. The molecule has 11 heteroatoms. The smallest absolute Gasteiger partial charge is 0.370 e. The van der Waals surface area contributed by atoms with Crippen molar-refractivity contribution in [1.29, 1.82) is 0 Å². The summed E-state index contributed by atoms with van der Waals surface area (Å²) in [6.45, 7) is 5.29. The van der Waals surface area contributed by atoms with E-state index in [-0.39, 0.29) is 35.7 Å². The molecule has 0 aliphatic heterocycles. The summed E-state index contributed by atoms with van der Waals surface area (Å²) in [7, 11) is 0. The molecule has 0 saturated carbocycles. The summed E-state index contributed by atoms with van der Waals surface area (Å²) in [6.07, 6.45) is -4.46. The Balaban J connectivity index is 2.44. The number of amides is 1. The van der Waals surface area contributed by atoms with Crippen molar-refractivity contribution in [2.75, 3.05) is 13.2 Å². The minimum absolute atomic E-state index is 0.00942. The van der Waals surface area contributed by atoms with E-state index in [1.54, 1.807) is 6.92 Å². The van der Waals surface area contributed by atoms with Gasteiger partial charge in [-0.2, -0.15) is 13.2 Å². The molecular formula is C18H23F3N4O4. The number of H-pyrrole nitrogens is 1. The lowest BCUT2D eigenvalue weighted by Crippen LogP contribution is -2.38. The second-order valence-corrected chi connectivity index (χ2v) is 6.96. The number of halogens is 3. The molecule has 0 spiro atoms. The van der Waals surface area contributed by atoms with Gasteiger partial charge in [-0.1, -0.05) is 13.8 Å². The van der Waals surface area contributed by atoms with Gasteiger partial charge in [0.05, 0.1) is 17.6 Å². The van der Waals surface area contributed by atoms with Gasteiger partial charge in [-0.05, 0) is 25.8 Å². The number of aromatic amines is 1. The van der Waals surface area contributed by atoms with E-state index in [0.29, 0.717) is 5.69 Å². The van der Waals surface area contributed by atoms with Crippen LogP contribution in [0.15, 0.2) is 15.7 Å². The highest BCUT2D eigenvalue weighted by molar-refractivity contribution is 6.05. The molecule has 2 aromatic rings. The highest BCUT2D eigenvalue weighted by Gasteiger charge is 2.28. The van der Waals surface area contributed by atoms with Gasteiger partial charge >= 0.3 is 11.9 Å². The molecule has 29 heavy (non-hydrogen) atoms. The minimum atomic E-state index is -4.46. The van der Waals surface area contributed by atoms with Crippen LogP contribution in [0, 0.1) is 0 Å². The average molecular weight is 416 g/mol. The first kappa shape index (κ1) is 22.6. The Morgan fingerprint density at radius 2 is 1.97 bits per heavy atom. The number of rotatable bonds is 7. The van der Waals surface area contributed by atoms with Crippen molar-refractivity contribution in [1.82, 2.24) is 19.9 Å². The number of nitrogens with zero attached hydrogens (tertiary/aromatic N) is 2. The number of carbonyl (C=O) groups is 1. The summed E-state index contributed by atoms with van der Waals surface area (Å²) < 4.78 is 42.4. The summed E-state index contributed by atoms with van der Waals surface area (Å²) in [5.74, 6) is -0.771. The summed E-state index contributed by atoms with van der Waals surface area (Å²) in [5, 5.41) is 2.46. The summed E-state index contributed by atoms with van der Waals surface area (Å²) >= 11 is 0. The molecule has 1 amide bonds. The maximum absolute atomic E-state index is 12.8. The fraction of sp³-hybridized carbons (Fsp3) is 0.556. The number of nitrogens with one attached hydrogen (secondary N) is 2. The van der Waals surface area contributed by atoms with E-state index in [1.807, 2.05) is 13.8 Å². The molecule has 0 radical (unpaired) electrons. The fourth-order valence-electron chi connectivity index (χ4n) is 2.76. The fourth-order valence-corrected chi connectivity index (χ4v) is 2.76. The first-order valence-electron chi connectivity index (χ1n) is 9.07. The molecule has 0 aliphatic rings. The van der Waals surface area contributed by atoms with E-state index in [2.05, 4.69) is 20.0 Å². The number of hydrogen-bond donors (Lipinski definition) is 2. The maximum Gasteiger partial charge on any atom is 0.411 e. The van der Waals surface area contributed by atoms with Crippen LogP contribution in [0.4, 0.5) is 13.2 Å². The molecule has 2 N–H and O–H groups in total. The third-order valence-corrected chi connectivity index (χ3v) is 4.13. The number of carbonyl (C=O) groups excluding carboxylic acids is 1. The summed E-state index contributed by atoms with van der Waals surface area (Å²) in [5.41, 5.74) is -0.832. The van der Waals surface area contributed by atoms with E-state index < -0.39 is 36.0 Å². The molecule has 1 unspecified atom stereocenters. The Kier molecular flexibility index (Phi) is 6.83. The second kappa shape index (κ2) is 8.76. The van der Waals surface area contributed by atoms with Gasteiger partial charge in [-0.25, -0.2) is 9.78 Å². The third kappa shape index (κ3) is 5.43. The standard InChI is InChI=1S/C18H23F3N4O4/c1-5-25-14-13(16(27)24-17(25)28)11(6-12(23-14)9(2)3)15(26)22-10(4)7-29-8-18(19,20)21/h6,9-10H,5,7-8H2,1-4H3,(H,22,26)(H,24,27,28). The molecule has 0 saturated heterocycles. The van der Waals surface area contributed by atoms with E-state index in [9.17, 15) is 27.6 Å². The second-order valence-electron chi connectivity index (χ2n) is 6.96. The van der Waals surface area contributed by atoms with E-state index in [0.717, 1.165) is 0 Å². The predicted molar refractivity (Wildman–Crippen MR) is 100 cm³/mol. The molecule has 0 fully saturated rings. The van der Waals surface area contributed by atoms with Crippen LogP contribution in [-0.2, 0) is 11.3 Å². The monoisotopic (exact) mass is 416 g/mol. The number of pyridine rings is 1. The number of aryl methyl sites for hydroxylation is 1. The zero-order valence-corrected chi connectivity index (χ0v) is 16.5. The Morgan fingerprint density at radius 1 is 1.31 bits per heavy atom. The number of aromatic nitrogens is 3. The lowest BCUT2D eigenvalue weighted by molar-refractivity contribution is -0.174. The average Bonchev–Trinajstić information content (AvgIpc) is 2.59. The summed E-state index contributed by atoms with van der Waals surface area (Å²) in [4.78, 5) is 43.8. The minimum Gasteiger partial charge on any atom is -0.370 e. The number of alkyl halides is 3. The molecule has 8 nitrogen and oxygen atoms in total. The molecule has 0 bridgehead atoms. The van der Waals surface area contributed by atoms with Crippen LogP contribution < -0.4 is 16.6 Å². The molecule has 160 valence electrons. The predicted octanol–water partition coefficient (Wildman–Crippen LogP) is 1.93. The first-order valence-corrected chi connectivity index (χ1v) is 9.07. The van der Waals surface area contributed by atoms with Crippen LogP contribution in [0.1, 0.15) is 49.7 Å². The van der Waals surface area contributed by atoms with Crippen LogP contribution in [0.2, 0.25) is 0 Å². The van der Waals surface area contributed by atoms with Crippen molar-refractivity contribution in [3.8, 4) is 0 Å². The normalized spacial score (nSPS) is 13.1. The van der Waals surface area contributed by atoms with Crippen molar-refractivity contribution in [3.63, 3.8) is 0 Å². The van der Waals surface area contributed by atoms with Gasteiger partial charge in [0, 0.05) is 18.3 Å². The van der Waals surface area contributed by atoms with E-state index in [1.165, 1.54) is 17.6 Å². The molecule has 2 heterocycles. The quantitative estimate of drug-likeness (QED) is 0.717. The molecule has 2 rings (SSSR count). The van der Waals surface area contributed by atoms with Gasteiger partial charge in [0.25, 0.3) is 11.5 Å². The molecule has 0 aromatic carbocycles. The van der Waals surface area contributed by atoms with Crippen LogP contribution in [0.5, 0.6) is 0 Å². The van der Waals surface area contributed by atoms with Gasteiger partial charge in [-0.15, -0.1) is 0 Å². The highest BCUT2D eigenvalue weighted by atomic mass is 19.4. The van der Waals surface area contributed by atoms with Crippen LogP contribution >= 0.6 is 0 Å². The number of fused-ring (bicyclic) bond motifs is 1. The molecule has 2 aromatic heterocycles. The number of ether oxygens (including phenoxy) is 1. The van der Waals surface area contributed by atoms with Gasteiger partial charge in [0.1, 0.15) is 6.61 Å². The van der Waals surface area contributed by atoms with E-state index >= 15 is 0 Å². The first-order chi connectivity index (χ1) is 13.4. The van der Waals surface area contributed by atoms with Crippen LogP contribution in [0.3, 0.4) is 0 Å².